The molecule has 0 saturated carbocycles. The van der Waals surface area contributed by atoms with Crippen LogP contribution >= 0.6 is 0 Å². The van der Waals surface area contributed by atoms with Gasteiger partial charge in [0, 0.05) is 12.7 Å². The minimum atomic E-state index is -0.371. The van der Waals surface area contributed by atoms with Crippen LogP contribution in [0, 0.1) is 17.7 Å². The third-order valence-corrected chi connectivity index (χ3v) is 2.34. The monoisotopic (exact) mass is 282 g/mol. The van der Waals surface area contributed by atoms with E-state index in [2.05, 4.69) is 11.8 Å². The van der Waals surface area contributed by atoms with E-state index in [0.717, 1.165) is 0 Å². The summed E-state index contributed by atoms with van der Waals surface area (Å²) in [5, 5.41) is 8.61. The van der Waals surface area contributed by atoms with Crippen molar-refractivity contribution in [3.8, 4) is 11.8 Å². The first-order valence-electron chi connectivity index (χ1n) is 6.30. The van der Waals surface area contributed by atoms with Crippen molar-refractivity contribution in [3.63, 3.8) is 0 Å². The highest BCUT2D eigenvalue weighted by atomic mass is 19.1. The minimum Gasteiger partial charge on any atom is -0.384 e. The number of aliphatic hydroxyl groups excluding tert-OH is 1. The molecular weight excluding hydrogens is 263 g/mol. The molecule has 110 valence electrons. The molecular formula is C15H19FO4. The van der Waals surface area contributed by atoms with Crippen LogP contribution in [0.5, 0.6) is 0 Å². The van der Waals surface area contributed by atoms with E-state index in [4.69, 9.17) is 19.3 Å². The van der Waals surface area contributed by atoms with E-state index >= 15 is 0 Å². The van der Waals surface area contributed by atoms with E-state index in [1.165, 1.54) is 12.1 Å². The summed E-state index contributed by atoms with van der Waals surface area (Å²) in [4.78, 5) is 0. The number of benzene rings is 1. The van der Waals surface area contributed by atoms with E-state index in [1.807, 2.05) is 0 Å². The number of methoxy groups -OCH3 is 1. The Morgan fingerprint density at radius 3 is 2.60 bits per heavy atom. The molecule has 0 heterocycles. The van der Waals surface area contributed by atoms with Gasteiger partial charge in [-0.1, -0.05) is 11.8 Å². The molecule has 0 spiro atoms. The zero-order valence-electron chi connectivity index (χ0n) is 11.5. The molecule has 4 nitrogen and oxygen atoms in total. The Bertz CT molecular complexity index is 451. The highest BCUT2D eigenvalue weighted by Gasteiger charge is 2.00. The second-order valence-corrected chi connectivity index (χ2v) is 3.97. The van der Waals surface area contributed by atoms with Crippen LogP contribution in [0.3, 0.4) is 0 Å². The molecule has 0 aliphatic carbocycles. The van der Waals surface area contributed by atoms with Gasteiger partial charge in [0.05, 0.1) is 33.0 Å². The van der Waals surface area contributed by atoms with E-state index < -0.39 is 0 Å². The lowest BCUT2D eigenvalue weighted by Gasteiger charge is -2.06. The lowest BCUT2D eigenvalue weighted by Crippen LogP contribution is -2.08. The second kappa shape index (κ2) is 10.4. The Morgan fingerprint density at radius 1 is 1.10 bits per heavy atom. The maximum absolute atomic E-state index is 13.3. The average Bonchev–Trinajstić information content (AvgIpc) is 2.43. The van der Waals surface area contributed by atoms with Gasteiger partial charge in [-0.3, -0.25) is 0 Å². The zero-order valence-corrected chi connectivity index (χ0v) is 11.5. The first-order valence-corrected chi connectivity index (χ1v) is 6.30. The Labute approximate surface area is 118 Å². The molecule has 0 bridgehead atoms. The maximum Gasteiger partial charge on any atom is 0.124 e. The summed E-state index contributed by atoms with van der Waals surface area (Å²) < 4.78 is 28.8. The van der Waals surface area contributed by atoms with Crippen LogP contribution in [0.4, 0.5) is 4.39 Å². The number of rotatable bonds is 8. The second-order valence-electron chi connectivity index (χ2n) is 3.97. The molecule has 0 fully saturated rings. The summed E-state index contributed by atoms with van der Waals surface area (Å²) in [7, 11) is 1.61. The van der Waals surface area contributed by atoms with Crippen LogP contribution in [-0.4, -0.2) is 45.3 Å². The first-order chi connectivity index (χ1) is 9.76. The van der Waals surface area contributed by atoms with Crippen molar-refractivity contribution in [2.24, 2.45) is 0 Å². The van der Waals surface area contributed by atoms with Gasteiger partial charge in [0.2, 0.25) is 0 Å². The molecule has 0 unspecified atom stereocenters. The van der Waals surface area contributed by atoms with Gasteiger partial charge in [0.25, 0.3) is 0 Å². The summed E-state index contributed by atoms with van der Waals surface area (Å²) in [5.74, 6) is 4.78. The summed E-state index contributed by atoms with van der Waals surface area (Å²) >= 11 is 0. The number of ether oxygens (including phenoxy) is 3. The largest absolute Gasteiger partial charge is 0.384 e. The predicted octanol–water partition coefficient (Wildman–Crippen LogP) is 1.35. The molecule has 1 N–H and O–H groups in total. The SMILES string of the molecule is COCCOCCOCc1cc(F)cc(C#CCO)c1. The first kappa shape index (κ1) is 16.6. The van der Waals surface area contributed by atoms with Crippen molar-refractivity contribution in [2.75, 3.05) is 40.1 Å². The molecule has 0 aliphatic heterocycles. The minimum absolute atomic E-state index is 0.249. The van der Waals surface area contributed by atoms with Crippen molar-refractivity contribution >= 4 is 0 Å². The molecule has 0 amide bonds. The number of aliphatic hydroxyl groups is 1. The van der Waals surface area contributed by atoms with Crippen LogP contribution in [0.2, 0.25) is 0 Å². The van der Waals surface area contributed by atoms with Crippen molar-refractivity contribution in [3.05, 3.63) is 35.1 Å². The van der Waals surface area contributed by atoms with E-state index in [0.29, 0.717) is 44.2 Å². The lowest BCUT2D eigenvalue weighted by atomic mass is 10.1. The smallest absolute Gasteiger partial charge is 0.124 e. The van der Waals surface area contributed by atoms with Gasteiger partial charge in [-0.2, -0.15) is 0 Å². The normalized spacial score (nSPS) is 10.2. The van der Waals surface area contributed by atoms with Gasteiger partial charge >= 0.3 is 0 Å². The van der Waals surface area contributed by atoms with E-state index in [9.17, 15) is 4.39 Å². The van der Waals surface area contributed by atoms with Crippen molar-refractivity contribution in [1.29, 1.82) is 0 Å². The van der Waals surface area contributed by atoms with Crippen LogP contribution in [0.15, 0.2) is 18.2 Å². The van der Waals surface area contributed by atoms with Gasteiger partial charge in [-0.15, -0.1) is 0 Å². The van der Waals surface area contributed by atoms with Gasteiger partial charge in [-0.25, -0.2) is 4.39 Å². The molecule has 0 radical (unpaired) electrons. The Hall–Kier alpha value is -1.45. The van der Waals surface area contributed by atoms with Gasteiger partial charge in [0.1, 0.15) is 12.4 Å². The van der Waals surface area contributed by atoms with Gasteiger partial charge in [-0.05, 0) is 23.8 Å². The summed E-state index contributed by atoms with van der Waals surface area (Å²) in [6.45, 7) is 2.02. The topological polar surface area (TPSA) is 47.9 Å². The third kappa shape index (κ3) is 7.22. The summed E-state index contributed by atoms with van der Waals surface area (Å²) in [6, 6.07) is 4.45. The summed E-state index contributed by atoms with van der Waals surface area (Å²) in [6.07, 6.45) is 0. The lowest BCUT2D eigenvalue weighted by molar-refractivity contribution is 0.0199. The highest BCUT2D eigenvalue weighted by Crippen LogP contribution is 2.09. The van der Waals surface area contributed by atoms with Gasteiger partial charge in [0.15, 0.2) is 0 Å². The number of halogens is 1. The molecule has 1 aromatic rings. The molecule has 1 aromatic carbocycles. The van der Waals surface area contributed by atoms with E-state index in [1.54, 1.807) is 13.2 Å². The van der Waals surface area contributed by atoms with Crippen molar-refractivity contribution in [2.45, 2.75) is 6.61 Å². The predicted molar refractivity (Wildman–Crippen MR) is 72.7 cm³/mol. The standard InChI is InChI=1S/C15H19FO4/c1-18-5-6-19-7-8-20-12-14-9-13(3-2-4-17)10-15(16)11-14/h9-11,17H,4-8,12H2,1H3. The number of hydrogen-bond donors (Lipinski definition) is 1. The fourth-order valence-electron chi connectivity index (χ4n) is 1.50. The number of hydrogen-bond acceptors (Lipinski definition) is 4. The summed E-state index contributed by atoms with van der Waals surface area (Å²) in [5.41, 5.74) is 1.22. The fourth-order valence-corrected chi connectivity index (χ4v) is 1.50. The van der Waals surface area contributed by atoms with Crippen LogP contribution in [-0.2, 0) is 20.8 Å². The third-order valence-electron chi connectivity index (χ3n) is 2.34. The van der Waals surface area contributed by atoms with Crippen molar-refractivity contribution in [1.82, 2.24) is 0 Å². The van der Waals surface area contributed by atoms with Crippen LogP contribution in [0.25, 0.3) is 0 Å². The Balaban J connectivity index is 2.34. The van der Waals surface area contributed by atoms with Gasteiger partial charge < -0.3 is 19.3 Å². The highest BCUT2D eigenvalue weighted by molar-refractivity contribution is 5.37. The van der Waals surface area contributed by atoms with E-state index in [-0.39, 0.29) is 12.4 Å². The Kier molecular flexibility index (Phi) is 8.59. The molecule has 0 aliphatic rings. The quantitative estimate of drug-likeness (QED) is 0.577. The Morgan fingerprint density at radius 2 is 1.85 bits per heavy atom. The molecule has 1 rings (SSSR count). The molecule has 20 heavy (non-hydrogen) atoms. The molecule has 0 saturated heterocycles. The van der Waals surface area contributed by atoms with Crippen LogP contribution in [0.1, 0.15) is 11.1 Å². The van der Waals surface area contributed by atoms with Crippen LogP contribution < -0.4 is 0 Å². The maximum atomic E-state index is 13.3. The average molecular weight is 282 g/mol. The molecule has 5 heteroatoms. The fraction of sp³-hybridized carbons (Fsp3) is 0.467. The zero-order chi connectivity index (χ0) is 14.6. The molecule has 0 atom stereocenters. The molecule has 0 aromatic heterocycles. The van der Waals surface area contributed by atoms with Crippen molar-refractivity contribution < 1.29 is 23.7 Å².